The summed E-state index contributed by atoms with van der Waals surface area (Å²) in [6, 6.07) is -8.12. The molecular weight excluding hydrogens is 800 g/mol. The van der Waals surface area contributed by atoms with Gasteiger partial charge in [0.05, 0.1) is 36.9 Å². The Hall–Kier alpha value is -5.05. The van der Waals surface area contributed by atoms with E-state index in [-0.39, 0.29) is 16.9 Å². The number of aromatic hydroxyl groups is 1. The van der Waals surface area contributed by atoms with Crippen molar-refractivity contribution >= 4 is 41.4 Å². The number of benzene rings is 1. The Morgan fingerprint density at radius 3 is 2.02 bits per heavy atom. The van der Waals surface area contributed by atoms with Gasteiger partial charge in [-0.25, -0.2) is 0 Å². The molecule has 0 bridgehead atoms. The zero-order valence-corrected chi connectivity index (χ0v) is 32.9. The maximum absolute atomic E-state index is 14.3. The Bertz CT molecular complexity index is 1800. The predicted molar refractivity (Wildman–Crippen MR) is 201 cm³/mol. The van der Waals surface area contributed by atoms with Crippen LogP contribution in [0.1, 0.15) is 50.3 Å². The summed E-state index contributed by atoms with van der Waals surface area (Å²) in [6.45, 7) is 2.98. The Morgan fingerprint density at radius 2 is 1.42 bits per heavy atom. The number of nitrogens with zero attached hydrogens (tertiary/aromatic N) is 2. The molecule has 3 aliphatic heterocycles. The number of phenolic OH excluding ortho intramolecular Hbond substituents is 1. The second-order valence-electron chi connectivity index (χ2n) is 15.6. The highest BCUT2D eigenvalue weighted by atomic mass is 16.3. The third-order valence-electron chi connectivity index (χ3n) is 10.8. The molecule has 24 nitrogen and oxygen atoms in total. The molecule has 17 N–H and O–H groups in total. The van der Waals surface area contributed by atoms with E-state index in [1.807, 2.05) is 5.32 Å². The van der Waals surface area contributed by atoms with Crippen LogP contribution in [0, 0.1) is 12.8 Å². The van der Waals surface area contributed by atoms with E-state index in [4.69, 9.17) is 11.5 Å². The highest BCUT2D eigenvalue weighted by Gasteiger charge is 2.50. The Kier molecular flexibility index (Phi) is 15.5. The van der Waals surface area contributed by atoms with Gasteiger partial charge in [-0.1, -0.05) is 13.0 Å². The van der Waals surface area contributed by atoms with Crippen molar-refractivity contribution in [2.45, 2.75) is 125 Å². The average Bonchev–Trinajstić information content (AvgIpc) is 3.71. The van der Waals surface area contributed by atoms with Crippen molar-refractivity contribution in [3.8, 4) is 5.75 Å². The van der Waals surface area contributed by atoms with Crippen molar-refractivity contribution in [3.63, 3.8) is 0 Å². The number of primary amides is 1. The van der Waals surface area contributed by atoms with Gasteiger partial charge in [0.2, 0.25) is 41.4 Å². The number of aliphatic hydroxyl groups excluding tert-OH is 8. The first kappa shape index (κ1) is 47.6. The third-order valence-corrected chi connectivity index (χ3v) is 10.8. The van der Waals surface area contributed by atoms with Gasteiger partial charge in [-0.2, -0.15) is 0 Å². The van der Waals surface area contributed by atoms with Gasteiger partial charge in [-0.3, -0.25) is 33.6 Å². The lowest BCUT2D eigenvalue weighted by Crippen LogP contribution is -2.64. The fourth-order valence-electron chi connectivity index (χ4n) is 7.37. The second-order valence-corrected chi connectivity index (χ2v) is 15.6. The number of aryl methyl sites for hydroxylation is 1. The van der Waals surface area contributed by atoms with E-state index in [2.05, 4.69) is 16.0 Å². The zero-order valence-electron chi connectivity index (χ0n) is 32.9. The molecule has 0 saturated carbocycles. The highest BCUT2D eigenvalue weighted by molar-refractivity contribution is 5.98. The molecule has 1 aromatic rings. The number of rotatable bonds is 7. The molecular formula is C36H54N8O16. The Balaban J connectivity index is 1.86. The van der Waals surface area contributed by atoms with Crippen LogP contribution in [0.2, 0.25) is 0 Å². The standard InChI is InChI=1S/C36H54N8O16/c1-12-6-15(4-5-19(12)47)28(52)29(53)25-33(57)40-24(20(48)9-22(38)50)36(60)44-10-13(2)27(51)26(44)34(58)42-32(56)21(49)8-17(37)30(54)39-23(14(3)45)35(59)43-11-16(46)7-18(43)31(55)41-25/h4-6,13-14,16-18,20-21,23-29,32,45-49,51-53,56H,7-11,37H2,1-3H3,(H2,38,50)(H,39,54)(H,40,57)(H,41,55)(H,42,58)/t13-,14+,16+,17-,18-,20+,21+,23-,24-,25-,26-,27-,28-,29-,32+/m0/s1. The number of phenols is 1. The van der Waals surface area contributed by atoms with E-state index in [0.29, 0.717) is 4.90 Å². The number of hydrogen-bond donors (Lipinski definition) is 15. The molecule has 3 aliphatic rings. The highest BCUT2D eigenvalue weighted by Crippen LogP contribution is 2.28. The van der Waals surface area contributed by atoms with Crippen LogP contribution in [0.15, 0.2) is 18.2 Å². The number of carbonyl (C=O) groups excluding carboxylic acids is 7. The number of nitrogens with two attached hydrogens (primary N) is 2. The summed E-state index contributed by atoms with van der Waals surface area (Å²) in [4.78, 5) is 96.6. The average molecular weight is 855 g/mol. The fraction of sp³-hybridized carbons (Fsp3) is 0.639. The third kappa shape index (κ3) is 10.6. The molecule has 0 aromatic heterocycles. The molecule has 3 fully saturated rings. The summed E-state index contributed by atoms with van der Waals surface area (Å²) < 4.78 is 0. The first-order valence-corrected chi connectivity index (χ1v) is 19.0. The summed E-state index contributed by atoms with van der Waals surface area (Å²) in [5, 5.41) is 106. The molecule has 1 aromatic carbocycles. The molecule has 334 valence electrons. The van der Waals surface area contributed by atoms with Gasteiger partial charge in [-0.15, -0.1) is 0 Å². The number of amides is 7. The number of fused-ring (bicyclic) bond motifs is 2. The number of hydrogen-bond acceptors (Lipinski definition) is 17. The molecule has 60 heavy (non-hydrogen) atoms. The van der Waals surface area contributed by atoms with Gasteiger partial charge < -0.3 is 88.5 Å². The minimum atomic E-state index is -2.34. The molecule has 3 saturated heterocycles. The lowest BCUT2D eigenvalue weighted by Gasteiger charge is -2.34. The summed E-state index contributed by atoms with van der Waals surface area (Å²) >= 11 is 0. The first-order chi connectivity index (χ1) is 27.9. The van der Waals surface area contributed by atoms with Crippen LogP contribution in [0.5, 0.6) is 5.75 Å². The van der Waals surface area contributed by atoms with Crippen LogP contribution < -0.4 is 32.7 Å². The summed E-state index contributed by atoms with van der Waals surface area (Å²) in [7, 11) is 0. The van der Waals surface area contributed by atoms with E-state index < -0.39 is 165 Å². The minimum Gasteiger partial charge on any atom is -0.508 e. The maximum atomic E-state index is 14.3. The predicted octanol–water partition coefficient (Wildman–Crippen LogP) is -8.14. The number of carbonyl (C=O) groups is 7. The number of nitrogens with one attached hydrogen (secondary N) is 4. The molecule has 0 unspecified atom stereocenters. The van der Waals surface area contributed by atoms with Gasteiger partial charge in [0, 0.05) is 31.8 Å². The van der Waals surface area contributed by atoms with Gasteiger partial charge >= 0.3 is 0 Å². The Morgan fingerprint density at radius 1 is 0.817 bits per heavy atom. The summed E-state index contributed by atoms with van der Waals surface area (Å²) in [6.07, 6.45) is -17.8. The summed E-state index contributed by atoms with van der Waals surface area (Å²) in [5.41, 5.74) is 11.4. The molecule has 4 rings (SSSR count). The van der Waals surface area contributed by atoms with E-state index in [0.717, 1.165) is 17.9 Å². The van der Waals surface area contributed by atoms with Crippen molar-refractivity contribution in [3.05, 3.63) is 29.3 Å². The normalized spacial score (nSPS) is 33.6. The largest absolute Gasteiger partial charge is 0.508 e. The van der Waals surface area contributed by atoms with Crippen LogP contribution in [0.4, 0.5) is 0 Å². The smallest absolute Gasteiger partial charge is 0.248 e. The van der Waals surface area contributed by atoms with Crippen molar-refractivity contribution < 1.29 is 79.5 Å². The van der Waals surface area contributed by atoms with Crippen LogP contribution in [-0.4, -0.2) is 189 Å². The van der Waals surface area contributed by atoms with Crippen molar-refractivity contribution in [2.24, 2.45) is 17.4 Å². The molecule has 0 radical (unpaired) electrons. The van der Waals surface area contributed by atoms with Crippen molar-refractivity contribution in [1.82, 2.24) is 31.1 Å². The van der Waals surface area contributed by atoms with Crippen LogP contribution >= 0.6 is 0 Å². The monoisotopic (exact) mass is 854 g/mol. The van der Waals surface area contributed by atoms with E-state index in [1.165, 1.54) is 26.0 Å². The van der Waals surface area contributed by atoms with Crippen molar-refractivity contribution in [1.29, 1.82) is 0 Å². The first-order valence-electron chi connectivity index (χ1n) is 19.0. The molecule has 0 spiro atoms. The quantitative estimate of drug-likeness (QED) is 0.121. The van der Waals surface area contributed by atoms with Crippen LogP contribution in [-0.2, 0) is 33.6 Å². The maximum Gasteiger partial charge on any atom is 0.248 e. The van der Waals surface area contributed by atoms with Crippen LogP contribution in [0.3, 0.4) is 0 Å². The minimum absolute atomic E-state index is 0.0911. The van der Waals surface area contributed by atoms with E-state index in [1.54, 1.807) is 0 Å². The van der Waals surface area contributed by atoms with Gasteiger partial charge in [-0.05, 0) is 37.1 Å². The van der Waals surface area contributed by atoms with E-state index in [9.17, 15) is 79.5 Å². The zero-order chi connectivity index (χ0) is 45.1. The van der Waals surface area contributed by atoms with Gasteiger partial charge in [0.1, 0.15) is 54.3 Å². The molecule has 7 amide bonds. The Labute approximate surface area is 342 Å². The molecule has 0 aliphatic carbocycles. The lowest BCUT2D eigenvalue weighted by atomic mass is 9.95. The topological polar surface area (TPSA) is 408 Å². The fourth-order valence-corrected chi connectivity index (χ4v) is 7.37. The van der Waals surface area contributed by atoms with Gasteiger partial charge in [0.25, 0.3) is 0 Å². The van der Waals surface area contributed by atoms with Crippen LogP contribution in [0.25, 0.3) is 0 Å². The molecule has 3 heterocycles. The van der Waals surface area contributed by atoms with E-state index >= 15 is 0 Å². The summed E-state index contributed by atoms with van der Waals surface area (Å²) in [5.74, 6) is -9.93. The second kappa shape index (κ2) is 19.6. The van der Waals surface area contributed by atoms with Crippen molar-refractivity contribution in [2.75, 3.05) is 13.1 Å². The van der Waals surface area contributed by atoms with Gasteiger partial charge in [0.15, 0.2) is 6.23 Å². The molecule has 24 heteroatoms. The number of aliphatic hydroxyl groups is 8. The lowest BCUT2D eigenvalue weighted by molar-refractivity contribution is -0.149. The SMILES string of the molecule is Cc1cc([C@H](O)[C@@H](O)[C@@H]2NC(=O)[C@@H]3C[C@@H](O)CN3C(=O)[C@H]([C@@H](C)O)NC(=O)[C@@H](N)C[C@@H](O)[C@@H](O)NC(=O)[C@@H]3[C@@H](O)[C@@H](C)CN3C(=O)[C@H]([C@H](O)CC(N)=O)NC2=O)ccc1O. The molecule has 15 atom stereocenters.